The van der Waals surface area contributed by atoms with Crippen molar-refractivity contribution in [2.24, 2.45) is 4.99 Å². The first-order chi connectivity index (χ1) is 12.4. The molecule has 0 radical (unpaired) electrons. The van der Waals surface area contributed by atoms with E-state index in [-0.39, 0.29) is 21.3 Å². The Balaban J connectivity index is 1.89. The molecule has 26 heavy (non-hydrogen) atoms. The lowest BCUT2D eigenvalue weighted by Crippen LogP contribution is -2.19. The van der Waals surface area contributed by atoms with Crippen LogP contribution in [-0.4, -0.2) is 27.1 Å². The van der Waals surface area contributed by atoms with E-state index in [1.807, 2.05) is 0 Å². The fourth-order valence-electron chi connectivity index (χ4n) is 2.22. The highest BCUT2D eigenvalue weighted by Gasteiger charge is 2.25. The molecule has 0 aliphatic carbocycles. The Bertz CT molecular complexity index is 984. The maximum atomic E-state index is 12.1. The first kappa shape index (κ1) is 17.4. The number of nitro benzene ring substituents is 1. The summed E-state index contributed by atoms with van der Waals surface area (Å²) < 4.78 is 0. The molecule has 2 aromatic carbocycles. The van der Waals surface area contributed by atoms with Crippen LogP contribution in [0, 0.1) is 10.1 Å². The van der Waals surface area contributed by atoms with Gasteiger partial charge in [0.15, 0.2) is 5.17 Å². The Labute approximate surface area is 151 Å². The molecule has 0 atom stereocenters. The molecule has 1 saturated heterocycles. The van der Waals surface area contributed by atoms with E-state index in [0.717, 1.165) is 11.8 Å². The van der Waals surface area contributed by atoms with Crippen molar-refractivity contribution < 1.29 is 19.6 Å². The number of para-hydroxylation sites is 1. The zero-order valence-corrected chi connectivity index (χ0v) is 13.9. The van der Waals surface area contributed by atoms with Crippen LogP contribution in [0.4, 0.5) is 11.4 Å². The number of thioether (sulfide) groups is 1. The topological polar surface area (TPSA) is 122 Å². The molecule has 0 bridgehead atoms. The second-order valence-corrected chi connectivity index (χ2v) is 6.18. The lowest BCUT2D eigenvalue weighted by atomic mass is 10.1. The molecule has 1 aliphatic heterocycles. The lowest BCUT2D eigenvalue weighted by Gasteiger charge is -1.98. The molecule has 1 aliphatic rings. The number of aliphatic imine (C=N–C) groups is 1. The van der Waals surface area contributed by atoms with Gasteiger partial charge in [-0.3, -0.25) is 14.9 Å². The van der Waals surface area contributed by atoms with E-state index in [4.69, 9.17) is 5.11 Å². The summed E-state index contributed by atoms with van der Waals surface area (Å²) >= 11 is 1.02. The fraction of sp³-hybridized carbons (Fsp3) is 0. The Morgan fingerprint density at radius 3 is 2.73 bits per heavy atom. The zero-order chi connectivity index (χ0) is 18.7. The van der Waals surface area contributed by atoms with Gasteiger partial charge in [-0.15, -0.1) is 0 Å². The SMILES string of the molecule is O=C1NC(=Nc2cccc(C(=O)O)c2)S/C1=C\c1ccccc1[N+](=O)[O-]. The van der Waals surface area contributed by atoms with Gasteiger partial charge in [-0.05, 0) is 42.1 Å². The number of nitro groups is 1. The van der Waals surface area contributed by atoms with Gasteiger partial charge in [-0.1, -0.05) is 18.2 Å². The largest absolute Gasteiger partial charge is 0.478 e. The number of aromatic carboxylic acids is 1. The van der Waals surface area contributed by atoms with Crippen molar-refractivity contribution in [1.82, 2.24) is 5.32 Å². The van der Waals surface area contributed by atoms with E-state index in [0.29, 0.717) is 11.3 Å². The third-order valence-electron chi connectivity index (χ3n) is 3.39. The van der Waals surface area contributed by atoms with Gasteiger partial charge < -0.3 is 10.4 Å². The first-order valence-corrected chi connectivity index (χ1v) is 8.12. The van der Waals surface area contributed by atoms with E-state index in [1.54, 1.807) is 30.3 Å². The van der Waals surface area contributed by atoms with Gasteiger partial charge in [0.25, 0.3) is 11.6 Å². The molecule has 1 fully saturated rings. The molecule has 0 saturated carbocycles. The van der Waals surface area contributed by atoms with Gasteiger partial charge >= 0.3 is 5.97 Å². The molecule has 9 heteroatoms. The Hall–Kier alpha value is -3.46. The van der Waals surface area contributed by atoms with Crippen LogP contribution in [0.2, 0.25) is 0 Å². The standard InChI is InChI=1S/C17H11N3O5S/c21-15-14(9-10-4-1-2-7-13(10)20(24)25)26-17(19-15)18-12-6-3-5-11(8-12)16(22)23/h1-9H,(H,22,23)(H,18,19,21)/b14-9-. The normalized spacial score (nSPS) is 16.7. The van der Waals surface area contributed by atoms with Crippen LogP contribution in [0.5, 0.6) is 0 Å². The summed E-state index contributed by atoms with van der Waals surface area (Å²) in [5.74, 6) is -1.51. The minimum absolute atomic E-state index is 0.0804. The Morgan fingerprint density at radius 2 is 2.00 bits per heavy atom. The van der Waals surface area contributed by atoms with E-state index in [9.17, 15) is 19.7 Å². The van der Waals surface area contributed by atoms with E-state index >= 15 is 0 Å². The van der Waals surface area contributed by atoms with E-state index in [2.05, 4.69) is 10.3 Å². The van der Waals surface area contributed by atoms with Gasteiger partial charge in [0.2, 0.25) is 0 Å². The van der Waals surface area contributed by atoms with Gasteiger partial charge in [0.1, 0.15) is 0 Å². The summed E-state index contributed by atoms with van der Waals surface area (Å²) in [5, 5.41) is 22.9. The van der Waals surface area contributed by atoms with E-state index in [1.165, 1.54) is 24.3 Å². The number of carboxylic acid groups (broad SMARTS) is 1. The Kier molecular flexibility index (Phi) is 4.81. The monoisotopic (exact) mass is 369 g/mol. The van der Waals surface area contributed by atoms with E-state index < -0.39 is 16.8 Å². The number of carbonyl (C=O) groups excluding carboxylic acids is 1. The molecule has 8 nitrogen and oxygen atoms in total. The summed E-state index contributed by atoms with van der Waals surface area (Å²) in [6.07, 6.45) is 1.42. The zero-order valence-electron chi connectivity index (χ0n) is 13.1. The van der Waals surface area contributed by atoms with Crippen LogP contribution < -0.4 is 5.32 Å². The average Bonchev–Trinajstić information content (AvgIpc) is 2.94. The maximum Gasteiger partial charge on any atom is 0.335 e. The molecular formula is C17H11N3O5S. The van der Waals surface area contributed by atoms with Crippen molar-refractivity contribution in [2.75, 3.05) is 0 Å². The number of benzene rings is 2. The van der Waals surface area contributed by atoms with Crippen molar-refractivity contribution in [1.29, 1.82) is 0 Å². The van der Waals surface area contributed by atoms with Crippen LogP contribution in [-0.2, 0) is 4.79 Å². The Morgan fingerprint density at radius 1 is 1.23 bits per heavy atom. The van der Waals surface area contributed by atoms with Crippen LogP contribution in [0.15, 0.2) is 58.4 Å². The molecule has 130 valence electrons. The van der Waals surface area contributed by atoms with Crippen molar-refractivity contribution in [3.63, 3.8) is 0 Å². The molecular weight excluding hydrogens is 358 g/mol. The smallest absolute Gasteiger partial charge is 0.335 e. The second kappa shape index (κ2) is 7.19. The highest BCUT2D eigenvalue weighted by Crippen LogP contribution is 2.30. The number of amidine groups is 1. The highest BCUT2D eigenvalue weighted by molar-refractivity contribution is 8.18. The van der Waals surface area contributed by atoms with Gasteiger partial charge in [0.05, 0.1) is 26.6 Å². The van der Waals surface area contributed by atoms with Crippen molar-refractivity contribution >= 4 is 46.3 Å². The molecule has 1 amide bonds. The van der Waals surface area contributed by atoms with Crippen LogP contribution in [0.3, 0.4) is 0 Å². The lowest BCUT2D eigenvalue weighted by molar-refractivity contribution is -0.385. The number of hydrogen-bond donors (Lipinski definition) is 2. The minimum Gasteiger partial charge on any atom is -0.478 e. The summed E-state index contributed by atoms with van der Waals surface area (Å²) in [5.41, 5.74) is 0.661. The number of carbonyl (C=O) groups is 2. The molecule has 2 N–H and O–H groups in total. The van der Waals surface area contributed by atoms with Crippen molar-refractivity contribution in [3.05, 3.63) is 74.7 Å². The van der Waals surface area contributed by atoms with Gasteiger partial charge in [0, 0.05) is 6.07 Å². The number of nitrogens with zero attached hydrogens (tertiary/aromatic N) is 2. The summed E-state index contributed by atoms with van der Waals surface area (Å²) in [4.78, 5) is 38.1. The van der Waals surface area contributed by atoms with Crippen molar-refractivity contribution in [2.45, 2.75) is 0 Å². The fourth-order valence-corrected chi connectivity index (χ4v) is 3.06. The molecule has 0 aromatic heterocycles. The third-order valence-corrected chi connectivity index (χ3v) is 4.30. The molecule has 3 rings (SSSR count). The number of nitrogens with one attached hydrogen (secondary N) is 1. The summed E-state index contributed by atoms with van der Waals surface area (Å²) in [7, 11) is 0. The number of rotatable bonds is 4. The van der Waals surface area contributed by atoms with Crippen LogP contribution >= 0.6 is 11.8 Å². The second-order valence-electron chi connectivity index (χ2n) is 5.15. The maximum absolute atomic E-state index is 12.1. The number of amides is 1. The quantitative estimate of drug-likeness (QED) is 0.485. The first-order valence-electron chi connectivity index (χ1n) is 7.30. The summed E-state index contributed by atoms with van der Waals surface area (Å²) in [6, 6.07) is 12.1. The average molecular weight is 369 g/mol. The highest BCUT2D eigenvalue weighted by atomic mass is 32.2. The van der Waals surface area contributed by atoms with Gasteiger partial charge in [-0.2, -0.15) is 0 Å². The number of hydrogen-bond acceptors (Lipinski definition) is 6. The van der Waals surface area contributed by atoms with Crippen LogP contribution in [0.1, 0.15) is 15.9 Å². The predicted molar refractivity (Wildman–Crippen MR) is 97.3 cm³/mol. The third kappa shape index (κ3) is 3.78. The summed E-state index contributed by atoms with van der Waals surface area (Å²) in [6.45, 7) is 0. The molecule has 0 unspecified atom stereocenters. The molecule has 1 heterocycles. The van der Waals surface area contributed by atoms with Crippen molar-refractivity contribution in [3.8, 4) is 0 Å². The number of carboxylic acids is 1. The minimum atomic E-state index is -1.08. The molecule has 0 spiro atoms. The molecule has 2 aromatic rings. The van der Waals surface area contributed by atoms with Gasteiger partial charge in [-0.25, -0.2) is 9.79 Å². The predicted octanol–water partition coefficient (Wildman–Crippen LogP) is 3.18. The van der Waals surface area contributed by atoms with Crippen LogP contribution in [0.25, 0.3) is 6.08 Å².